The summed E-state index contributed by atoms with van der Waals surface area (Å²) in [5.41, 5.74) is 5.72. The molecule has 0 heterocycles. The molecule has 3 N–H and O–H groups in total. The zero-order chi connectivity index (χ0) is 13.6. The Bertz CT molecular complexity index is 264. The lowest BCUT2D eigenvalue weighted by Gasteiger charge is -2.22. The summed E-state index contributed by atoms with van der Waals surface area (Å²) in [6, 6.07) is -1.22. The highest BCUT2D eigenvalue weighted by Crippen LogP contribution is 2.07. The fourth-order valence-electron chi connectivity index (χ4n) is 1.40. The molecule has 5 nitrogen and oxygen atoms in total. The number of methoxy groups -OCH3 is 1. The van der Waals surface area contributed by atoms with Crippen LogP contribution in [0.3, 0.4) is 0 Å². The SMILES string of the molecule is COC(=O)[C@@H](CC(C)C)NC(=O)[C@H](N)C(C)C. The van der Waals surface area contributed by atoms with E-state index >= 15 is 0 Å². The summed E-state index contributed by atoms with van der Waals surface area (Å²) >= 11 is 0. The van der Waals surface area contributed by atoms with Gasteiger partial charge in [-0.1, -0.05) is 27.7 Å². The van der Waals surface area contributed by atoms with E-state index in [0.29, 0.717) is 6.42 Å². The van der Waals surface area contributed by atoms with Gasteiger partial charge in [0.25, 0.3) is 0 Å². The number of esters is 1. The lowest BCUT2D eigenvalue weighted by Crippen LogP contribution is -2.50. The number of amides is 1. The highest BCUT2D eigenvalue weighted by atomic mass is 16.5. The fraction of sp³-hybridized carbons (Fsp3) is 0.833. The Labute approximate surface area is 103 Å². The third-order valence-corrected chi connectivity index (χ3v) is 2.53. The van der Waals surface area contributed by atoms with E-state index in [1.807, 2.05) is 27.7 Å². The molecule has 0 rings (SSSR count). The van der Waals surface area contributed by atoms with E-state index in [0.717, 1.165) is 0 Å². The highest BCUT2D eigenvalue weighted by molar-refractivity contribution is 5.87. The molecule has 2 atom stereocenters. The van der Waals surface area contributed by atoms with Crippen LogP contribution in [0.4, 0.5) is 0 Å². The van der Waals surface area contributed by atoms with E-state index in [2.05, 4.69) is 10.1 Å². The van der Waals surface area contributed by atoms with Gasteiger partial charge in [0.2, 0.25) is 5.91 Å². The summed E-state index contributed by atoms with van der Waals surface area (Å²) in [5, 5.41) is 2.64. The minimum atomic E-state index is -0.614. The van der Waals surface area contributed by atoms with Gasteiger partial charge in [0, 0.05) is 0 Å². The fourth-order valence-corrected chi connectivity index (χ4v) is 1.40. The minimum absolute atomic E-state index is 0.0346. The number of hydrogen-bond acceptors (Lipinski definition) is 4. The molecule has 0 saturated carbocycles. The third-order valence-electron chi connectivity index (χ3n) is 2.53. The summed E-state index contributed by atoms with van der Waals surface area (Å²) < 4.78 is 4.66. The smallest absolute Gasteiger partial charge is 0.328 e. The molecule has 0 radical (unpaired) electrons. The average molecular weight is 244 g/mol. The van der Waals surface area contributed by atoms with Gasteiger partial charge in [-0.25, -0.2) is 4.79 Å². The van der Waals surface area contributed by atoms with E-state index in [9.17, 15) is 9.59 Å². The Kier molecular flexibility index (Phi) is 6.80. The Morgan fingerprint density at radius 3 is 2.12 bits per heavy atom. The van der Waals surface area contributed by atoms with Gasteiger partial charge >= 0.3 is 5.97 Å². The van der Waals surface area contributed by atoms with Crippen LogP contribution in [0.15, 0.2) is 0 Å². The van der Waals surface area contributed by atoms with Crippen molar-refractivity contribution in [1.29, 1.82) is 0 Å². The lowest BCUT2D eigenvalue weighted by molar-refractivity contribution is -0.145. The average Bonchev–Trinajstić information content (AvgIpc) is 2.24. The number of hydrogen-bond donors (Lipinski definition) is 2. The predicted octanol–water partition coefficient (Wildman–Crippen LogP) is 0.674. The van der Waals surface area contributed by atoms with Crippen molar-refractivity contribution >= 4 is 11.9 Å². The zero-order valence-electron chi connectivity index (χ0n) is 11.3. The molecule has 0 aromatic rings. The molecule has 1 amide bonds. The Morgan fingerprint density at radius 2 is 1.76 bits per heavy atom. The van der Waals surface area contributed by atoms with E-state index in [1.54, 1.807) is 0 Å². The van der Waals surface area contributed by atoms with Crippen LogP contribution in [0.2, 0.25) is 0 Å². The van der Waals surface area contributed by atoms with Crippen molar-refractivity contribution in [2.45, 2.75) is 46.2 Å². The van der Waals surface area contributed by atoms with Gasteiger partial charge in [-0.3, -0.25) is 4.79 Å². The van der Waals surface area contributed by atoms with Gasteiger partial charge in [-0.05, 0) is 18.3 Å². The maximum absolute atomic E-state index is 11.8. The van der Waals surface area contributed by atoms with Crippen LogP contribution in [-0.2, 0) is 14.3 Å². The summed E-state index contributed by atoms with van der Waals surface area (Å²) in [6.07, 6.45) is 0.545. The first-order chi connectivity index (χ1) is 7.79. The van der Waals surface area contributed by atoms with Crippen LogP contribution in [0.25, 0.3) is 0 Å². The number of rotatable bonds is 6. The standard InChI is InChI=1S/C12H24N2O3/c1-7(2)6-9(12(16)17-5)14-11(15)10(13)8(3)4/h7-10H,6,13H2,1-5H3,(H,14,15)/t9-,10-/m1/s1. The van der Waals surface area contributed by atoms with Crippen molar-refractivity contribution in [3.05, 3.63) is 0 Å². The number of carbonyl (C=O) groups excluding carboxylic acids is 2. The number of nitrogens with two attached hydrogens (primary N) is 1. The van der Waals surface area contributed by atoms with Crippen molar-refractivity contribution in [3.63, 3.8) is 0 Å². The zero-order valence-corrected chi connectivity index (χ0v) is 11.3. The molecule has 5 heteroatoms. The molecule has 0 aromatic carbocycles. The first kappa shape index (κ1) is 15.9. The number of nitrogens with one attached hydrogen (secondary N) is 1. The van der Waals surface area contributed by atoms with Gasteiger partial charge in [0.15, 0.2) is 0 Å². The molecule has 0 spiro atoms. The predicted molar refractivity (Wildman–Crippen MR) is 66.2 cm³/mol. The third kappa shape index (κ3) is 5.68. The second-order valence-corrected chi connectivity index (χ2v) is 4.98. The highest BCUT2D eigenvalue weighted by Gasteiger charge is 2.26. The summed E-state index contributed by atoms with van der Waals surface area (Å²) in [4.78, 5) is 23.3. The van der Waals surface area contributed by atoms with Gasteiger partial charge in [0.05, 0.1) is 13.2 Å². The first-order valence-electron chi connectivity index (χ1n) is 5.93. The van der Waals surface area contributed by atoms with Crippen LogP contribution < -0.4 is 11.1 Å². The molecule has 0 saturated heterocycles. The van der Waals surface area contributed by atoms with Crippen molar-refractivity contribution in [1.82, 2.24) is 5.32 Å². The monoisotopic (exact) mass is 244 g/mol. The summed E-state index contributed by atoms with van der Waals surface area (Å²) in [7, 11) is 1.31. The van der Waals surface area contributed by atoms with Gasteiger partial charge in [0.1, 0.15) is 6.04 Å². The topological polar surface area (TPSA) is 81.4 Å². The van der Waals surface area contributed by atoms with Crippen LogP contribution in [0, 0.1) is 11.8 Å². The van der Waals surface area contributed by atoms with Crippen LogP contribution in [0.5, 0.6) is 0 Å². The normalized spacial score (nSPS) is 14.6. The second-order valence-electron chi connectivity index (χ2n) is 4.98. The molecule has 0 bridgehead atoms. The van der Waals surface area contributed by atoms with Gasteiger partial charge in [-0.2, -0.15) is 0 Å². The number of carbonyl (C=O) groups is 2. The van der Waals surface area contributed by atoms with Crippen LogP contribution in [0.1, 0.15) is 34.1 Å². The molecule has 0 aromatic heterocycles. The van der Waals surface area contributed by atoms with E-state index in [1.165, 1.54) is 7.11 Å². The van der Waals surface area contributed by atoms with Crippen molar-refractivity contribution in [2.24, 2.45) is 17.6 Å². The molecule has 0 fully saturated rings. The largest absolute Gasteiger partial charge is 0.467 e. The quantitative estimate of drug-likeness (QED) is 0.673. The van der Waals surface area contributed by atoms with Crippen molar-refractivity contribution < 1.29 is 14.3 Å². The van der Waals surface area contributed by atoms with E-state index in [-0.39, 0.29) is 17.7 Å². The minimum Gasteiger partial charge on any atom is -0.467 e. The second kappa shape index (κ2) is 7.27. The van der Waals surface area contributed by atoms with Crippen LogP contribution in [-0.4, -0.2) is 31.1 Å². The molecular weight excluding hydrogens is 220 g/mol. The molecule has 0 aliphatic heterocycles. The molecule has 17 heavy (non-hydrogen) atoms. The number of ether oxygens (including phenoxy) is 1. The maximum atomic E-state index is 11.8. The Morgan fingerprint density at radius 1 is 1.24 bits per heavy atom. The molecule has 0 aliphatic carbocycles. The van der Waals surface area contributed by atoms with Crippen LogP contribution >= 0.6 is 0 Å². The Balaban J connectivity index is 4.53. The molecule has 0 aliphatic rings. The van der Waals surface area contributed by atoms with E-state index in [4.69, 9.17) is 5.73 Å². The van der Waals surface area contributed by atoms with E-state index < -0.39 is 18.1 Å². The molecule has 100 valence electrons. The molecule has 0 unspecified atom stereocenters. The summed E-state index contributed by atoms with van der Waals surface area (Å²) in [5.74, 6) is -0.416. The first-order valence-corrected chi connectivity index (χ1v) is 5.93. The summed E-state index contributed by atoms with van der Waals surface area (Å²) in [6.45, 7) is 7.68. The van der Waals surface area contributed by atoms with Crippen molar-refractivity contribution in [2.75, 3.05) is 7.11 Å². The van der Waals surface area contributed by atoms with Gasteiger partial charge < -0.3 is 15.8 Å². The molecular formula is C12H24N2O3. The van der Waals surface area contributed by atoms with Gasteiger partial charge in [-0.15, -0.1) is 0 Å². The lowest BCUT2D eigenvalue weighted by atomic mass is 10.0. The Hall–Kier alpha value is -1.10. The maximum Gasteiger partial charge on any atom is 0.328 e. The van der Waals surface area contributed by atoms with Crippen molar-refractivity contribution in [3.8, 4) is 0 Å².